The van der Waals surface area contributed by atoms with Gasteiger partial charge in [-0.05, 0) is 30.0 Å². The summed E-state index contributed by atoms with van der Waals surface area (Å²) in [5.41, 5.74) is 9.94. The Balaban J connectivity index is 1.31. The Bertz CT molecular complexity index is 895. The fourth-order valence-electron chi connectivity index (χ4n) is 3.17. The smallest absolute Gasteiger partial charge is 0.231 e. The number of amides is 2. The summed E-state index contributed by atoms with van der Waals surface area (Å²) in [5.74, 6) is 1.09. The van der Waals surface area contributed by atoms with Gasteiger partial charge in [-0.25, -0.2) is 0 Å². The van der Waals surface area contributed by atoms with Gasteiger partial charge < -0.3 is 25.8 Å². The van der Waals surface area contributed by atoms with E-state index in [-0.39, 0.29) is 18.6 Å². The summed E-state index contributed by atoms with van der Waals surface area (Å²) in [5, 5.41) is 5.63. The number of nitrogen functional groups attached to an aromatic ring is 1. The number of nitrogens with one attached hydrogen (secondary N) is 2. The Morgan fingerprint density at radius 2 is 2.00 bits per heavy atom. The first kappa shape index (κ1) is 16.3. The van der Waals surface area contributed by atoms with Crippen LogP contribution in [0.3, 0.4) is 0 Å². The van der Waals surface area contributed by atoms with E-state index in [9.17, 15) is 9.59 Å². The lowest BCUT2D eigenvalue weighted by atomic mass is 10.0. The monoisotopic (exact) mass is 353 g/mol. The summed E-state index contributed by atoms with van der Waals surface area (Å²) in [4.78, 5) is 23.6. The molecule has 2 amide bonds. The molecule has 0 spiro atoms. The van der Waals surface area contributed by atoms with Crippen LogP contribution in [0.25, 0.3) is 0 Å². The van der Waals surface area contributed by atoms with Crippen LogP contribution in [0.5, 0.6) is 11.5 Å². The van der Waals surface area contributed by atoms with Crippen LogP contribution in [-0.4, -0.2) is 18.6 Å². The fourth-order valence-corrected chi connectivity index (χ4v) is 3.17. The van der Waals surface area contributed by atoms with Gasteiger partial charge in [0.25, 0.3) is 0 Å². The van der Waals surface area contributed by atoms with Crippen molar-refractivity contribution in [2.75, 3.05) is 23.2 Å². The minimum atomic E-state index is -0.103. The van der Waals surface area contributed by atoms with Crippen molar-refractivity contribution in [1.29, 1.82) is 0 Å². The first-order valence-corrected chi connectivity index (χ1v) is 8.49. The minimum absolute atomic E-state index is 0.0258. The standard InChI is InChI=1S/C19H19N3O4/c20-13-8-16-17(26-10-25-16)9-15(13)22-18(23)3-1-2-11-4-5-14-12(6-11)7-19(24)21-14/h4-6,8-9H,1-3,7,10,20H2,(H,21,24)(H,22,23). The summed E-state index contributed by atoms with van der Waals surface area (Å²) >= 11 is 0. The lowest BCUT2D eigenvalue weighted by Crippen LogP contribution is -2.13. The van der Waals surface area contributed by atoms with Crippen LogP contribution in [-0.2, 0) is 22.4 Å². The first-order valence-electron chi connectivity index (χ1n) is 8.49. The van der Waals surface area contributed by atoms with Gasteiger partial charge in [0, 0.05) is 24.2 Å². The molecular formula is C19H19N3O4. The van der Waals surface area contributed by atoms with Gasteiger partial charge in [0.15, 0.2) is 11.5 Å². The molecule has 2 aliphatic heterocycles. The van der Waals surface area contributed by atoms with Crippen molar-refractivity contribution < 1.29 is 19.1 Å². The van der Waals surface area contributed by atoms with Crippen molar-refractivity contribution in [2.24, 2.45) is 0 Å². The zero-order chi connectivity index (χ0) is 18.1. The van der Waals surface area contributed by atoms with Gasteiger partial charge in [-0.2, -0.15) is 0 Å². The van der Waals surface area contributed by atoms with Gasteiger partial charge in [0.1, 0.15) is 0 Å². The molecule has 0 fully saturated rings. The molecule has 0 saturated carbocycles. The lowest BCUT2D eigenvalue weighted by Gasteiger charge is -2.09. The summed E-state index contributed by atoms with van der Waals surface area (Å²) < 4.78 is 10.6. The van der Waals surface area contributed by atoms with Crippen LogP contribution in [0.4, 0.5) is 17.1 Å². The highest BCUT2D eigenvalue weighted by molar-refractivity contribution is 5.99. The normalized spacial score (nSPS) is 14.1. The van der Waals surface area contributed by atoms with Crippen LogP contribution in [0.15, 0.2) is 30.3 Å². The minimum Gasteiger partial charge on any atom is -0.454 e. The zero-order valence-corrected chi connectivity index (χ0v) is 14.1. The van der Waals surface area contributed by atoms with Crippen LogP contribution in [0.1, 0.15) is 24.0 Å². The third-order valence-electron chi connectivity index (χ3n) is 4.48. The molecule has 0 bridgehead atoms. The molecule has 0 unspecified atom stereocenters. The molecule has 2 aromatic rings. The topological polar surface area (TPSA) is 103 Å². The van der Waals surface area contributed by atoms with Gasteiger partial charge in [-0.1, -0.05) is 12.1 Å². The number of hydrogen-bond donors (Lipinski definition) is 3. The van der Waals surface area contributed by atoms with Gasteiger partial charge in [-0.3, -0.25) is 9.59 Å². The molecule has 7 heteroatoms. The molecule has 26 heavy (non-hydrogen) atoms. The number of rotatable bonds is 5. The van der Waals surface area contributed by atoms with E-state index >= 15 is 0 Å². The number of aryl methyl sites for hydroxylation is 1. The van der Waals surface area contributed by atoms with E-state index in [4.69, 9.17) is 15.2 Å². The van der Waals surface area contributed by atoms with Crippen molar-refractivity contribution in [2.45, 2.75) is 25.7 Å². The van der Waals surface area contributed by atoms with Crippen molar-refractivity contribution >= 4 is 28.9 Å². The van der Waals surface area contributed by atoms with Crippen LogP contribution < -0.4 is 25.8 Å². The van der Waals surface area contributed by atoms with E-state index in [1.807, 2.05) is 18.2 Å². The quantitative estimate of drug-likeness (QED) is 0.717. The van der Waals surface area contributed by atoms with E-state index in [0.717, 1.165) is 23.2 Å². The van der Waals surface area contributed by atoms with E-state index in [1.165, 1.54) is 0 Å². The molecule has 7 nitrogen and oxygen atoms in total. The molecular weight excluding hydrogens is 334 g/mol. The van der Waals surface area contributed by atoms with Crippen LogP contribution in [0.2, 0.25) is 0 Å². The van der Waals surface area contributed by atoms with Gasteiger partial charge >= 0.3 is 0 Å². The maximum absolute atomic E-state index is 12.2. The molecule has 0 saturated heterocycles. The van der Waals surface area contributed by atoms with Crippen molar-refractivity contribution in [3.8, 4) is 11.5 Å². The average Bonchev–Trinajstić information content (AvgIpc) is 3.19. The maximum Gasteiger partial charge on any atom is 0.231 e. The van der Waals surface area contributed by atoms with Crippen LogP contribution >= 0.6 is 0 Å². The van der Waals surface area contributed by atoms with Gasteiger partial charge in [0.2, 0.25) is 18.6 Å². The molecule has 4 rings (SSSR count). The Hall–Kier alpha value is -3.22. The fraction of sp³-hybridized carbons (Fsp3) is 0.263. The summed E-state index contributed by atoms with van der Waals surface area (Å²) in [6.07, 6.45) is 2.27. The molecule has 2 heterocycles. The third kappa shape index (κ3) is 3.28. The Morgan fingerprint density at radius 3 is 2.85 bits per heavy atom. The van der Waals surface area contributed by atoms with Gasteiger partial charge in [-0.15, -0.1) is 0 Å². The highest BCUT2D eigenvalue weighted by Gasteiger charge is 2.18. The van der Waals surface area contributed by atoms with Crippen molar-refractivity contribution in [1.82, 2.24) is 0 Å². The predicted molar refractivity (Wildman–Crippen MR) is 97.3 cm³/mol. The largest absolute Gasteiger partial charge is 0.454 e. The van der Waals surface area contributed by atoms with Crippen molar-refractivity contribution in [3.05, 3.63) is 41.5 Å². The maximum atomic E-state index is 12.2. The summed E-state index contributed by atoms with van der Waals surface area (Å²) in [7, 11) is 0. The molecule has 0 aromatic heterocycles. The summed E-state index contributed by atoms with van der Waals surface area (Å²) in [6, 6.07) is 9.26. The van der Waals surface area contributed by atoms with E-state index in [0.29, 0.717) is 42.1 Å². The second-order valence-corrected chi connectivity index (χ2v) is 6.41. The lowest BCUT2D eigenvalue weighted by molar-refractivity contribution is -0.116. The van der Waals surface area contributed by atoms with E-state index < -0.39 is 0 Å². The second-order valence-electron chi connectivity index (χ2n) is 6.41. The van der Waals surface area contributed by atoms with Crippen LogP contribution in [0, 0.1) is 0 Å². The number of anilines is 3. The number of nitrogens with two attached hydrogens (primary N) is 1. The first-order chi connectivity index (χ1) is 12.6. The van der Waals surface area contributed by atoms with E-state index in [2.05, 4.69) is 10.6 Å². The molecule has 2 aliphatic rings. The van der Waals surface area contributed by atoms with E-state index in [1.54, 1.807) is 12.1 Å². The molecule has 0 aliphatic carbocycles. The second kappa shape index (κ2) is 6.59. The Labute approximate surface area is 150 Å². The predicted octanol–water partition coefficient (Wildman–Crippen LogP) is 2.45. The molecule has 2 aromatic carbocycles. The number of fused-ring (bicyclic) bond motifs is 2. The number of ether oxygens (including phenoxy) is 2. The highest BCUT2D eigenvalue weighted by Crippen LogP contribution is 2.38. The Morgan fingerprint density at radius 1 is 1.19 bits per heavy atom. The molecule has 4 N–H and O–H groups in total. The zero-order valence-electron chi connectivity index (χ0n) is 14.1. The molecule has 134 valence electrons. The number of hydrogen-bond acceptors (Lipinski definition) is 5. The number of carbonyl (C=O) groups excluding carboxylic acids is 2. The summed E-state index contributed by atoms with van der Waals surface area (Å²) in [6.45, 7) is 0.161. The molecule has 0 atom stereocenters. The highest BCUT2D eigenvalue weighted by atomic mass is 16.7. The Kier molecular flexibility index (Phi) is 4.12. The third-order valence-corrected chi connectivity index (χ3v) is 4.48. The number of carbonyl (C=O) groups is 2. The average molecular weight is 353 g/mol. The number of benzene rings is 2. The van der Waals surface area contributed by atoms with Gasteiger partial charge in [0.05, 0.1) is 17.8 Å². The SMILES string of the molecule is Nc1cc2c(cc1NC(=O)CCCc1ccc3c(c1)CC(=O)N3)OCO2. The van der Waals surface area contributed by atoms with Crippen molar-refractivity contribution in [3.63, 3.8) is 0 Å². The molecule has 0 radical (unpaired) electrons.